The third kappa shape index (κ3) is 4.98. The molecule has 4 heterocycles. The van der Waals surface area contributed by atoms with Gasteiger partial charge in [0.2, 0.25) is 0 Å². The smallest absolute Gasteiger partial charge is 0.330 e. The van der Waals surface area contributed by atoms with Gasteiger partial charge >= 0.3 is 5.97 Å². The summed E-state index contributed by atoms with van der Waals surface area (Å²) in [6.07, 6.45) is 5.49. The van der Waals surface area contributed by atoms with Crippen LogP contribution in [0.5, 0.6) is 0 Å². The predicted molar refractivity (Wildman–Crippen MR) is 150 cm³/mol. The van der Waals surface area contributed by atoms with E-state index in [1.807, 2.05) is 11.0 Å². The molecule has 7 nitrogen and oxygen atoms in total. The zero-order valence-electron chi connectivity index (χ0n) is 21.2. The Morgan fingerprint density at radius 2 is 2.05 bits per heavy atom. The highest BCUT2D eigenvalue weighted by Gasteiger charge is 2.33. The van der Waals surface area contributed by atoms with Crippen LogP contribution >= 0.6 is 11.3 Å². The summed E-state index contributed by atoms with van der Waals surface area (Å²) in [6, 6.07) is 10.6. The van der Waals surface area contributed by atoms with Crippen LogP contribution in [0.4, 0.5) is 4.39 Å². The molecule has 202 valence electrons. The number of carbonyl (C=O) groups excluding carboxylic acids is 2. The maximum atomic E-state index is 15.4. The van der Waals surface area contributed by atoms with Gasteiger partial charge in [0, 0.05) is 46.3 Å². The van der Waals surface area contributed by atoms with Gasteiger partial charge in [-0.2, -0.15) is 5.10 Å². The summed E-state index contributed by atoms with van der Waals surface area (Å²) in [5.74, 6) is -0.822. The number of esters is 1. The van der Waals surface area contributed by atoms with Crippen molar-refractivity contribution >= 4 is 34.9 Å². The first-order valence-electron chi connectivity index (χ1n) is 12.9. The lowest BCUT2D eigenvalue weighted by Crippen LogP contribution is -2.38. The van der Waals surface area contributed by atoms with E-state index in [0.29, 0.717) is 35.1 Å². The molecule has 1 aromatic carbocycles. The minimum absolute atomic E-state index is 0. The molecule has 2 aliphatic rings. The van der Waals surface area contributed by atoms with E-state index in [-0.39, 0.29) is 31.5 Å². The molecule has 0 N–H and O–H groups in total. The van der Waals surface area contributed by atoms with Crippen LogP contribution in [-0.2, 0) is 16.0 Å². The fraction of sp³-hybridized carbons (Fsp3) is 0.333. The van der Waals surface area contributed by atoms with Crippen molar-refractivity contribution in [1.82, 2.24) is 19.5 Å². The van der Waals surface area contributed by atoms with Crippen LogP contribution in [0, 0.1) is 5.82 Å². The summed E-state index contributed by atoms with van der Waals surface area (Å²) in [6.45, 7) is 4.68. The molecular formula is C30H31FN4O3S. The van der Waals surface area contributed by atoms with Crippen molar-refractivity contribution in [3.05, 3.63) is 81.1 Å². The van der Waals surface area contributed by atoms with E-state index in [0.717, 1.165) is 25.0 Å². The van der Waals surface area contributed by atoms with Gasteiger partial charge in [0.15, 0.2) is 5.65 Å². The molecule has 0 saturated heterocycles. The first-order valence-corrected chi connectivity index (χ1v) is 13.7. The average Bonchev–Trinajstić information content (AvgIpc) is 3.47. The Balaban J connectivity index is 0.00000308. The molecule has 0 radical (unpaired) electrons. The van der Waals surface area contributed by atoms with Gasteiger partial charge in [-0.05, 0) is 68.3 Å². The number of halogens is 1. The zero-order chi connectivity index (χ0) is 26.4. The molecule has 3 aromatic heterocycles. The van der Waals surface area contributed by atoms with Crippen molar-refractivity contribution in [3.63, 3.8) is 0 Å². The Hall–Kier alpha value is -3.85. The van der Waals surface area contributed by atoms with E-state index in [2.05, 4.69) is 18.4 Å². The SMILES string of the molecule is C.CCOC(=O)/C=C/c1cccc(-c2cc3nc(C(=O)N4CCc5sccc5[C@H]4C)cc(C4CC4)n3n2)c1F. The van der Waals surface area contributed by atoms with E-state index in [1.54, 1.807) is 47.0 Å². The maximum Gasteiger partial charge on any atom is 0.330 e. The Labute approximate surface area is 230 Å². The second kappa shape index (κ2) is 10.7. The highest BCUT2D eigenvalue weighted by molar-refractivity contribution is 7.10. The molecular weight excluding hydrogens is 515 g/mol. The standard InChI is InChI=1S/C29H27FN4O3S.CH4/c1-3-37-27(35)10-9-19-5-4-6-21(28(19)30)22-16-26-31-23(15-24(18-7-8-18)34(26)32-22)29(36)33-13-11-25-20(17(33)2)12-14-38-25;/h4-6,9-10,12,14-18H,3,7-8,11,13H2,1-2H3;1H4/b10-9+;/t17-;/m1./s1. The molecule has 0 spiro atoms. The van der Waals surface area contributed by atoms with Crippen LogP contribution in [0.2, 0.25) is 0 Å². The number of hydrogen-bond acceptors (Lipinski definition) is 6. The minimum Gasteiger partial charge on any atom is -0.463 e. The average molecular weight is 547 g/mol. The Morgan fingerprint density at radius 3 is 2.82 bits per heavy atom. The largest absolute Gasteiger partial charge is 0.463 e. The third-order valence-corrected chi connectivity index (χ3v) is 8.19. The number of fused-ring (bicyclic) bond motifs is 2. The van der Waals surface area contributed by atoms with Crippen molar-refractivity contribution in [2.45, 2.75) is 52.5 Å². The fourth-order valence-electron chi connectivity index (χ4n) is 5.07. The number of benzene rings is 1. The molecule has 0 unspecified atom stereocenters. The monoisotopic (exact) mass is 546 g/mol. The van der Waals surface area contributed by atoms with Gasteiger partial charge in [0.25, 0.3) is 5.91 Å². The normalized spacial score (nSPS) is 16.8. The number of rotatable bonds is 6. The molecule has 1 saturated carbocycles. The lowest BCUT2D eigenvalue weighted by Gasteiger charge is -2.33. The summed E-state index contributed by atoms with van der Waals surface area (Å²) < 4.78 is 22.1. The quantitative estimate of drug-likeness (QED) is 0.205. The molecule has 1 fully saturated rings. The van der Waals surface area contributed by atoms with Crippen LogP contribution in [0.3, 0.4) is 0 Å². The van der Waals surface area contributed by atoms with Crippen molar-refractivity contribution in [2.75, 3.05) is 13.2 Å². The van der Waals surface area contributed by atoms with Crippen LogP contribution < -0.4 is 0 Å². The number of carbonyl (C=O) groups is 2. The topological polar surface area (TPSA) is 76.8 Å². The fourth-order valence-corrected chi connectivity index (χ4v) is 6.03. The first kappa shape index (κ1) is 26.7. The third-order valence-electron chi connectivity index (χ3n) is 7.20. The van der Waals surface area contributed by atoms with Crippen molar-refractivity contribution < 1.29 is 18.7 Å². The summed E-state index contributed by atoms with van der Waals surface area (Å²) in [5.41, 5.74) is 4.00. The Bertz CT molecular complexity index is 1590. The number of hydrogen-bond donors (Lipinski definition) is 0. The molecule has 1 atom stereocenters. The highest BCUT2D eigenvalue weighted by Crippen LogP contribution is 2.41. The second-order valence-corrected chi connectivity index (χ2v) is 10.7. The first-order chi connectivity index (χ1) is 18.4. The van der Waals surface area contributed by atoms with Gasteiger partial charge in [-0.15, -0.1) is 11.3 Å². The van der Waals surface area contributed by atoms with E-state index >= 15 is 4.39 Å². The van der Waals surface area contributed by atoms with E-state index in [1.165, 1.54) is 22.6 Å². The van der Waals surface area contributed by atoms with Gasteiger partial charge in [-0.25, -0.2) is 18.7 Å². The van der Waals surface area contributed by atoms with E-state index < -0.39 is 11.8 Å². The van der Waals surface area contributed by atoms with Crippen molar-refractivity contribution in [3.8, 4) is 11.3 Å². The van der Waals surface area contributed by atoms with Crippen LogP contribution in [-0.4, -0.2) is 44.5 Å². The molecule has 4 aromatic rings. The summed E-state index contributed by atoms with van der Waals surface area (Å²) in [7, 11) is 0. The van der Waals surface area contributed by atoms with Gasteiger partial charge < -0.3 is 9.64 Å². The Morgan fingerprint density at radius 1 is 1.23 bits per heavy atom. The van der Waals surface area contributed by atoms with Gasteiger partial charge in [0.1, 0.15) is 11.5 Å². The molecule has 39 heavy (non-hydrogen) atoms. The Kier molecular flexibility index (Phi) is 7.36. The molecule has 0 bridgehead atoms. The van der Waals surface area contributed by atoms with Crippen molar-refractivity contribution in [1.29, 1.82) is 0 Å². The van der Waals surface area contributed by atoms with Crippen molar-refractivity contribution in [2.24, 2.45) is 0 Å². The molecule has 1 aliphatic carbocycles. The summed E-state index contributed by atoms with van der Waals surface area (Å²) >= 11 is 1.74. The number of nitrogens with zero attached hydrogens (tertiary/aromatic N) is 4. The highest BCUT2D eigenvalue weighted by atomic mass is 32.1. The van der Waals surface area contributed by atoms with Crippen LogP contribution in [0.25, 0.3) is 23.0 Å². The molecule has 9 heteroatoms. The number of amides is 1. The maximum absolute atomic E-state index is 15.4. The van der Waals surface area contributed by atoms with E-state index in [4.69, 9.17) is 14.8 Å². The zero-order valence-corrected chi connectivity index (χ0v) is 22.0. The van der Waals surface area contributed by atoms with Crippen LogP contribution in [0.15, 0.2) is 47.9 Å². The molecule has 1 amide bonds. The van der Waals surface area contributed by atoms with Crippen LogP contribution in [0.1, 0.15) is 78.3 Å². The van der Waals surface area contributed by atoms with Gasteiger partial charge in [-0.1, -0.05) is 19.6 Å². The van der Waals surface area contributed by atoms with Gasteiger partial charge in [0.05, 0.1) is 18.3 Å². The van der Waals surface area contributed by atoms with E-state index in [9.17, 15) is 9.59 Å². The second-order valence-electron chi connectivity index (χ2n) is 9.66. The van der Waals surface area contributed by atoms with Gasteiger partial charge in [-0.3, -0.25) is 4.79 Å². The molecule has 1 aliphatic heterocycles. The number of ether oxygens (including phenoxy) is 1. The summed E-state index contributed by atoms with van der Waals surface area (Å²) in [4.78, 5) is 33.3. The summed E-state index contributed by atoms with van der Waals surface area (Å²) in [5, 5.41) is 6.78. The predicted octanol–water partition coefficient (Wildman–Crippen LogP) is 6.45. The number of thiophene rings is 1. The lowest BCUT2D eigenvalue weighted by molar-refractivity contribution is -0.137. The molecule has 6 rings (SSSR count). The minimum atomic E-state index is -0.529. The lowest BCUT2D eigenvalue weighted by atomic mass is 10.0. The number of aromatic nitrogens is 3.